The van der Waals surface area contributed by atoms with Crippen LogP contribution in [0.1, 0.15) is 25.7 Å². The van der Waals surface area contributed by atoms with E-state index in [1.54, 1.807) is 0 Å². The van der Waals surface area contributed by atoms with E-state index >= 15 is 0 Å². The Morgan fingerprint density at radius 2 is 2.06 bits per heavy atom. The monoisotopic (exact) mass is 280 g/mol. The van der Waals surface area contributed by atoms with E-state index < -0.39 is 0 Å². The van der Waals surface area contributed by atoms with Gasteiger partial charge in [0.2, 0.25) is 0 Å². The average Bonchev–Trinajstić information content (AvgIpc) is 2.81. The maximum Gasteiger partial charge on any atom is 0.0605 e. The highest BCUT2D eigenvalue weighted by Gasteiger charge is 2.26. The Labute approximate surface area is 105 Å². The summed E-state index contributed by atoms with van der Waals surface area (Å²) in [6, 6.07) is 7.36. The van der Waals surface area contributed by atoms with Gasteiger partial charge in [-0.05, 0) is 31.0 Å². The third-order valence-electron chi connectivity index (χ3n) is 3.70. The van der Waals surface area contributed by atoms with Crippen LogP contribution >= 0.6 is 15.9 Å². The largest absolute Gasteiger partial charge is 0.382 e. The number of fused-ring (bicyclic) bond motifs is 1. The normalized spacial score (nSPS) is 20.7. The van der Waals surface area contributed by atoms with E-state index in [-0.39, 0.29) is 0 Å². The summed E-state index contributed by atoms with van der Waals surface area (Å²) < 4.78 is 1.16. The molecule has 1 aliphatic carbocycles. The SMILES string of the molecule is Brc1ccc2c(c1)NCCN2C1CCCC1. The van der Waals surface area contributed by atoms with Crippen LogP contribution in [0.25, 0.3) is 0 Å². The standard InChI is InChI=1S/C13H17BrN2/c14-10-5-6-13-12(9-10)15-7-8-16(13)11-3-1-2-4-11/h5-6,9,11,15H,1-4,7-8H2. The highest BCUT2D eigenvalue weighted by molar-refractivity contribution is 9.10. The van der Waals surface area contributed by atoms with Gasteiger partial charge in [-0.15, -0.1) is 0 Å². The van der Waals surface area contributed by atoms with Crippen LogP contribution in [0.3, 0.4) is 0 Å². The molecule has 3 rings (SSSR count). The first kappa shape index (κ1) is 10.5. The molecule has 0 unspecified atom stereocenters. The summed E-state index contributed by atoms with van der Waals surface area (Å²) >= 11 is 3.54. The molecule has 2 aliphatic rings. The number of nitrogens with one attached hydrogen (secondary N) is 1. The number of nitrogens with zero attached hydrogens (tertiary/aromatic N) is 1. The Hall–Kier alpha value is -0.700. The Morgan fingerprint density at radius 3 is 2.88 bits per heavy atom. The summed E-state index contributed by atoms with van der Waals surface area (Å²) in [6.45, 7) is 2.22. The van der Waals surface area contributed by atoms with Gasteiger partial charge in [-0.3, -0.25) is 0 Å². The van der Waals surface area contributed by atoms with E-state index in [2.05, 4.69) is 44.3 Å². The highest BCUT2D eigenvalue weighted by atomic mass is 79.9. The fourth-order valence-corrected chi connectivity index (χ4v) is 3.29. The van der Waals surface area contributed by atoms with Crippen LogP contribution in [-0.2, 0) is 0 Å². The lowest BCUT2D eigenvalue weighted by Crippen LogP contribution is -2.40. The number of hydrogen-bond acceptors (Lipinski definition) is 2. The van der Waals surface area contributed by atoms with E-state index in [9.17, 15) is 0 Å². The summed E-state index contributed by atoms with van der Waals surface area (Å²) in [5.74, 6) is 0. The lowest BCUT2D eigenvalue weighted by molar-refractivity contribution is 0.606. The molecule has 1 aromatic carbocycles. The van der Waals surface area contributed by atoms with Crippen LogP contribution in [0, 0.1) is 0 Å². The van der Waals surface area contributed by atoms with Gasteiger partial charge >= 0.3 is 0 Å². The molecule has 86 valence electrons. The Morgan fingerprint density at radius 1 is 1.25 bits per heavy atom. The molecule has 0 radical (unpaired) electrons. The lowest BCUT2D eigenvalue weighted by Gasteiger charge is -2.36. The smallest absolute Gasteiger partial charge is 0.0605 e. The number of anilines is 2. The Kier molecular flexibility index (Phi) is 2.80. The number of halogens is 1. The molecule has 1 heterocycles. The van der Waals surface area contributed by atoms with Crippen molar-refractivity contribution in [2.75, 3.05) is 23.3 Å². The minimum atomic E-state index is 0.780. The average molecular weight is 281 g/mol. The zero-order valence-electron chi connectivity index (χ0n) is 9.38. The van der Waals surface area contributed by atoms with Crippen molar-refractivity contribution in [3.8, 4) is 0 Å². The van der Waals surface area contributed by atoms with Crippen molar-refractivity contribution in [1.82, 2.24) is 0 Å². The van der Waals surface area contributed by atoms with Gasteiger partial charge in [0.25, 0.3) is 0 Å². The molecule has 1 aromatic rings. The van der Waals surface area contributed by atoms with Crippen LogP contribution < -0.4 is 10.2 Å². The minimum Gasteiger partial charge on any atom is -0.382 e. The van der Waals surface area contributed by atoms with Crippen LogP contribution in [0.2, 0.25) is 0 Å². The predicted octanol–water partition coefficient (Wildman–Crippen LogP) is 3.62. The van der Waals surface area contributed by atoms with Gasteiger partial charge in [0.05, 0.1) is 11.4 Å². The molecule has 0 saturated heterocycles. The quantitative estimate of drug-likeness (QED) is 0.845. The summed E-state index contributed by atoms with van der Waals surface area (Å²) in [6.07, 6.45) is 5.55. The molecule has 2 nitrogen and oxygen atoms in total. The summed E-state index contributed by atoms with van der Waals surface area (Å²) in [5, 5.41) is 3.49. The molecule has 1 fully saturated rings. The molecule has 1 aliphatic heterocycles. The van der Waals surface area contributed by atoms with Crippen LogP contribution in [-0.4, -0.2) is 19.1 Å². The first-order chi connectivity index (χ1) is 7.84. The Bertz CT molecular complexity index is 386. The maximum atomic E-state index is 3.54. The zero-order valence-corrected chi connectivity index (χ0v) is 11.0. The number of benzene rings is 1. The van der Waals surface area contributed by atoms with E-state index in [1.807, 2.05) is 0 Å². The first-order valence-electron chi connectivity index (χ1n) is 6.15. The molecule has 0 amide bonds. The van der Waals surface area contributed by atoms with Gasteiger partial charge in [0.15, 0.2) is 0 Å². The molecule has 1 N–H and O–H groups in total. The van der Waals surface area contributed by atoms with E-state index in [0.717, 1.165) is 23.6 Å². The summed E-state index contributed by atoms with van der Waals surface area (Å²) in [4.78, 5) is 2.60. The second-order valence-corrected chi connectivity index (χ2v) is 5.64. The fourth-order valence-electron chi connectivity index (χ4n) is 2.93. The molecular formula is C13H17BrN2. The minimum absolute atomic E-state index is 0.780. The topological polar surface area (TPSA) is 15.3 Å². The molecule has 1 saturated carbocycles. The fraction of sp³-hybridized carbons (Fsp3) is 0.538. The summed E-state index contributed by atoms with van der Waals surface area (Å²) in [7, 11) is 0. The van der Waals surface area contributed by atoms with Crippen molar-refractivity contribution < 1.29 is 0 Å². The van der Waals surface area contributed by atoms with E-state index in [4.69, 9.17) is 0 Å². The highest BCUT2D eigenvalue weighted by Crippen LogP contribution is 2.36. The molecular weight excluding hydrogens is 264 g/mol. The van der Waals surface area contributed by atoms with Gasteiger partial charge in [-0.25, -0.2) is 0 Å². The van der Waals surface area contributed by atoms with Gasteiger partial charge in [0, 0.05) is 23.6 Å². The van der Waals surface area contributed by atoms with E-state index in [1.165, 1.54) is 37.1 Å². The van der Waals surface area contributed by atoms with Crippen LogP contribution in [0.4, 0.5) is 11.4 Å². The van der Waals surface area contributed by atoms with Crippen molar-refractivity contribution in [1.29, 1.82) is 0 Å². The second-order valence-electron chi connectivity index (χ2n) is 4.72. The maximum absolute atomic E-state index is 3.54. The van der Waals surface area contributed by atoms with Crippen molar-refractivity contribution in [3.05, 3.63) is 22.7 Å². The first-order valence-corrected chi connectivity index (χ1v) is 6.94. The molecule has 16 heavy (non-hydrogen) atoms. The van der Waals surface area contributed by atoms with E-state index in [0.29, 0.717) is 0 Å². The third kappa shape index (κ3) is 1.81. The Balaban J connectivity index is 1.93. The number of rotatable bonds is 1. The third-order valence-corrected chi connectivity index (χ3v) is 4.19. The van der Waals surface area contributed by atoms with Crippen LogP contribution in [0.15, 0.2) is 22.7 Å². The van der Waals surface area contributed by atoms with Gasteiger partial charge in [-0.1, -0.05) is 28.8 Å². The summed E-state index contributed by atoms with van der Waals surface area (Å²) in [5.41, 5.74) is 2.67. The van der Waals surface area contributed by atoms with Crippen LogP contribution in [0.5, 0.6) is 0 Å². The zero-order chi connectivity index (χ0) is 11.0. The lowest BCUT2D eigenvalue weighted by atomic mass is 10.1. The van der Waals surface area contributed by atoms with Crippen molar-refractivity contribution in [2.45, 2.75) is 31.7 Å². The van der Waals surface area contributed by atoms with Crippen molar-refractivity contribution >= 4 is 27.3 Å². The number of hydrogen-bond donors (Lipinski definition) is 1. The van der Waals surface area contributed by atoms with Gasteiger partial charge in [0.1, 0.15) is 0 Å². The van der Waals surface area contributed by atoms with Gasteiger partial charge in [-0.2, -0.15) is 0 Å². The second kappa shape index (κ2) is 4.28. The molecule has 0 spiro atoms. The predicted molar refractivity (Wildman–Crippen MR) is 72.2 cm³/mol. The molecule has 3 heteroatoms. The van der Waals surface area contributed by atoms with Crippen molar-refractivity contribution in [2.24, 2.45) is 0 Å². The van der Waals surface area contributed by atoms with Gasteiger partial charge < -0.3 is 10.2 Å². The molecule has 0 bridgehead atoms. The van der Waals surface area contributed by atoms with Crippen molar-refractivity contribution in [3.63, 3.8) is 0 Å². The molecule has 0 atom stereocenters. The molecule has 0 aromatic heterocycles.